The number of carbonyl (C=O) groups is 2. The van der Waals surface area contributed by atoms with E-state index in [1.165, 1.54) is 0 Å². The second kappa shape index (κ2) is 6.70. The van der Waals surface area contributed by atoms with Gasteiger partial charge in [0.05, 0.1) is 6.54 Å². The Balaban J connectivity index is 1.74. The maximum atomic E-state index is 12.1. The quantitative estimate of drug-likeness (QED) is 0.819. The van der Waals surface area contributed by atoms with E-state index in [1.54, 1.807) is 6.92 Å². The fourth-order valence-corrected chi connectivity index (χ4v) is 2.60. The molecule has 0 atom stereocenters. The summed E-state index contributed by atoms with van der Waals surface area (Å²) in [4.78, 5) is 25.2. The van der Waals surface area contributed by atoms with E-state index in [1.807, 2.05) is 30.1 Å². The van der Waals surface area contributed by atoms with Gasteiger partial charge in [0.2, 0.25) is 5.91 Å². The van der Waals surface area contributed by atoms with E-state index in [-0.39, 0.29) is 11.7 Å². The molecule has 0 radical (unpaired) electrons. The summed E-state index contributed by atoms with van der Waals surface area (Å²) in [6.07, 6.45) is 5.85. The Morgan fingerprint density at radius 2 is 2.05 bits per heavy atom. The summed E-state index contributed by atoms with van der Waals surface area (Å²) >= 11 is 0. The lowest BCUT2D eigenvalue weighted by Gasteiger charge is -2.31. The third-order valence-corrected chi connectivity index (χ3v) is 3.87. The van der Waals surface area contributed by atoms with Gasteiger partial charge in [-0.1, -0.05) is 0 Å². The van der Waals surface area contributed by atoms with Gasteiger partial charge in [-0.05, 0) is 37.9 Å². The molecule has 1 aromatic heterocycles. The van der Waals surface area contributed by atoms with Gasteiger partial charge < -0.3 is 9.88 Å². The second-order valence-electron chi connectivity index (χ2n) is 5.65. The minimum absolute atomic E-state index is 0.0340. The maximum absolute atomic E-state index is 12.1. The van der Waals surface area contributed by atoms with E-state index in [2.05, 4.69) is 10.2 Å². The van der Waals surface area contributed by atoms with Crippen molar-refractivity contribution in [1.82, 2.24) is 14.8 Å². The molecule has 1 amide bonds. The summed E-state index contributed by atoms with van der Waals surface area (Å²) in [5.74, 6) is 0.763. The van der Waals surface area contributed by atoms with Crippen LogP contribution >= 0.6 is 0 Å². The molecule has 110 valence electrons. The highest BCUT2D eigenvalue weighted by Gasteiger charge is 2.21. The zero-order valence-corrected chi connectivity index (χ0v) is 12.3. The van der Waals surface area contributed by atoms with Crippen LogP contribution in [0.2, 0.25) is 0 Å². The number of rotatable bonds is 5. The van der Waals surface area contributed by atoms with Gasteiger partial charge in [-0.2, -0.15) is 0 Å². The molecule has 2 rings (SSSR count). The van der Waals surface area contributed by atoms with Gasteiger partial charge in [0.1, 0.15) is 0 Å². The molecular weight excluding hydrogens is 254 g/mol. The van der Waals surface area contributed by atoms with Crippen LogP contribution in [0.25, 0.3) is 0 Å². The van der Waals surface area contributed by atoms with E-state index in [9.17, 15) is 9.59 Å². The van der Waals surface area contributed by atoms with Crippen molar-refractivity contribution in [2.75, 3.05) is 26.2 Å². The molecule has 0 aromatic carbocycles. The lowest BCUT2D eigenvalue weighted by atomic mass is 9.96. The molecule has 5 heteroatoms. The van der Waals surface area contributed by atoms with Crippen LogP contribution in [-0.2, 0) is 11.8 Å². The van der Waals surface area contributed by atoms with E-state index in [0.717, 1.165) is 38.0 Å². The highest BCUT2D eigenvalue weighted by Crippen LogP contribution is 2.16. The van der Waals surface area contributed by atoms with Crippen molar-refractivity contribution < 1.29 is 9.59 Å². The van der Waals surface area contributed by atoms with E-state index < -0.39 is 0 Å². The van der Waals surface area contributed by atoms with Gasteiger partial charge >= 0.3 is 0 Å². The topological polar surface area (TPSA) is 54.3 Å². The summed E-state index contributed by atoms with van der Waals surface area (Å²) in [6, 6.07) is 1.87. The Hall–Kier alpha value is -1.62. The number of aromatic nitrogens is 1. The number of hydrogen-bond donors (Lipinski definition) is 1. The van der Waals surface area contributed by atoms with Crippen molar-refractivity contribution in [3.63, 3.8) is 0 Å². The largest absolute Gasteiger partial charge is 0.357 e. The Bertz CT molecular complexity index is 473. The van der Waals surface area contributed by atoms with Crippen LogP contribution in [0.1, 0.15) is 30.1 Å². The number of ketones is 1. The molecule has 1 saturated heterocycles. The number of likely N-dealkylation sites (tertiary alicyclic amines) is 1. The van der Waals surface area contributed by atoms with Crippen LogP contribution in [0.4, 0.5) is 0 Å². The van der Waals surface area contributed by atoms with Crippen LogP contribution in [0.3, 0.4) is 0 Å². The first-order valence-electron chi connectivity index (χ1n) is 7.16. The summed E-state index contributed by atoms with van der Waals surface area (Å²) in [5.41, 5.74) is 0.785. The lowest BCUT2D eigenvalue weighted by Crippen LogP contribution is -2.40. The molecule has 2 heterocycles. The highest BCUT2D eigenvalue weighted by atomic mass is 16.1. The minimum Gasteiger partial charge on any atom is -0.357 e. The first kappa shape index (κ1) is 14.8. The summed E-state index contributed by atoms with van der Waals surface area (Å²) < 4.78 is 1.90. The standard InChI is InChI=1S/C15H23N3O2/c1-12(19)16-9-13-3-7-18(8-4-13)11-15(20)14-5-6-17(2)10-14/h5-6,10,13H,3-4,7-9,11H2,1-2H3,(H,16,19). The molecule has 5 nitrogen and oxygen atoms in total. The molecule has 1 N–H and O–H groups in total. The number of nitrogens with zero attached hydrogens (tertiary/aromatic N) is 2. The van der Waals surface area contributed by atoms with E-state index in [0.29, 0.717) is 12.5 Å². The fraction of sp³-hybridized carbons (Fsp3) is 0.600. The zero-order chi connectivity index (χ0) is 14.5. The van der Waals surface area contributed by atoms with Crippen molar-refractivity contribution in [2.24, 2.45) is 13.0 Å². The average molecular weight is 277 g/mol. The van der Waals surface area contributed by atoms with Crippen molar-refractivity contribution >= 4 is 11.7 Å². The number of carbonyl (C=O) groups excluding carboxylic acids is 2. The normalized spacial score (nSPS) is 17.1. The van der Waals surface area contributed by atoms with Gasteiger partial charge in [-0.15, -0.1) is 0 Å². The number of Topliss-reactive ketones (excluding diaryl/α,β-unsaturated/α-hetero) is 1. The lowest BCUT2D eigenvalue weighted by molar-refractivity contribution is -0.119. The predicted molar refractivity (Wildman–Crippen MR) is 77.6 cm³/mol. The second-order valence-corrected chi connectivity index (χ2v) is 5.65. The Kier molecular flexibility index (Phi) is 4.95. The maximum Gasteiger partial charge on any atom is 0.216 e. The summed E-state index contributed by atoms with van der Waals surface area (Å²) in [5, 5.41) is 2.87. The average Bonchev–Trinajstić information content (AvgIpc) is 2.85. The Morgan fingerprint density at radius 1 is 1.35 bits per heavy atom. The Labute approximate surface area is 119 Å². The molecule has 20 heavy (non-hydrogen) atoms. The fourth-order valence-electron chi connectivity index (χ4n) is 2.60. The third-order valence-electron chi connectivity index (χ3n) is 3.87. The van der Waals surface area contributed by atoms with Crippen molar-refractivity contribution in [2.45, 2.75) is 19.8 Å². The van der Waals surface area contributed by atoms with E-state index >= 15 is 0 Å². The van der Waals surface area contributed by atoms with Gasteiger partial charge in [0.25, 0.3) is 0 Å². The number of piperidine rings is 1. The monoisotopic (exact) mass is 277 g/mol. The summed E-state index contributed by atoms with van der Waals surface area (Å²) in [6.45, 7) is 4.67. The SMILES string of the molecule is CC(=O)NCC1CCN(CC(=O)c2ccn(C)c2)CC1. The first-order valence-corrected chi connectivity index (χ1v) is 7.16. The molecule has 1 aliphatic heterocycles. The van der Waals surface area contributed by atoms with Gasteiger partial charge in [-0.25, -0.2) is 0 Å². The zero-order valence-electron chi connectivity index (χ0n) is 12.3. The molecule has 1 aromatic rings. The third kappa shape index (κ3) is 4.20. The molecule has 1 fully saturated rings. The molecule has 1 aliphatic rings. The molecule has 0 bridgehead atoms. The van der Waals surface area contributed by atoms with Gasteiger partial charge in [0, 0.05) is 38.5 Å². The first-order chi connectivity index (χ1) is 9.54. The molecular formula is C15H23N3O2. The molecule has 0 aliphatic carbocycles. The number of nitrogens with one attached hydrogen (secondary N) is 1. The van der Waals surface area contributed by atoms with Crippen LogP contribution in [0.15, 0.2) is 18.5 Å². The van der Waals surface area contributed by atoms with Gasteiger partial charge in [0.15, 0.2) is 5.78 Å². The Morgan fingerprint density at radius 3 is 2.60 bits per heavy atom. The highest BCUT2D eigenvalue weighted by molar-refractivity contribution is 5.97. The van der Waals surface area contributed by atoms with Crippen LogP contribution in [-0.4, -0.2) is 47.3 Å². The minimum atomic E-state index is 0.0340. The van der Waals surface area contributed by atoms with E-state index in [4.69, 9.17) is 0 Å². The molecule has 0 unspecified atom stereocenters. The molecule has 0 saturated carbocycles. The van der Waals surface area contributed by atoms with Crippen LogP contribution < -0.4 is 5.32 Å². The molecule has 0 spiro atoms. The van der Waals surface area contributed by atoms with Gasteiger partial charge in [-0.3, -0.25) is 14.5 Å². The van der Waals surface area contributed by atoms with Crippen molar-refractivity contribution in [1.29, 1.82) is 0 Å². The number of aryl methyl sites for hydroxylation is 1. The van der Waals surface area contributed by atoms with Crippen LogP contribution in [0.5, 0.6) is 0 Å². The summed E-state index contributed by atoms with van der Waals surface area (Å²) in [7, 11) is 1.92. The number of amides is 1. The van der Waals surface area contributed by atoms with Crippen molar-refractivity contribution in [3.8, 4) is 0 Å². The predicted octanol–water partition coefficient (Wildman–Crippen LogP) is 1.06. The van der Waals surface area contributed by atoms with Crippen LogP contribution in [0, 0.1) is 5.92 Å². The number of hydrogen-bond acceptors (Lipinski definition) is 3. The van der Waals surface area contributed by atoms with Crippen molar-refractivity contribution in [3.05, 3.63) is 24.0 Å². The smallest absolute Gasteiger partial charge is 0.216 e.